The first-order valence-electron chi connectivity index (χ1n) is 7.58. The van der Waals surface area contributed by atoms with Crippen molar-refractivity contribution in [2.45, 2.75) is 45.2 Å². The van der Waals surface area contributed by atoms with E-state index < -0.39 is 0 Å². The number of aromatic nitrogens is 1. The second kappa shape index (κ2) is 6.20. The molecule has 3 nitrogen and oxygen atoms in total. The number of hydrogen-bond acceptors (Lipinski definition) is 3. The zero-order chi connectivity index (χ0) is 14.8. The van der Waals surface area contributed by atoms with Gasteiger partial charge in [-0.05, 0) is 37.1 Å². The van der Waals surface area contributed by atoms with Crippen molar-refractivity contribution in [3.8, 4) is 0 Å². The monoisotopic (exact) mass is 304 g/mol. The van der Waals surface area contributed by atoms with Crippen molar-refractivity contribution >= 4 is 11.6 Å². The van der Waals surface area contributed by atoms with Gasteiger partial charge in [0.15, 0.2) is 0 Å². The van der Waals surface area contributed by atoms with Crippen molar-refractivity contribution in [2.24, 2.45) is 0 Å². The molecule has 0 aliphatic carbocycles. The van der Waals surface area contributed by atoms with Gasteiger partial charge in [0.2, 0.25) is 0 Å². The third-order valence-electron chi connectivity index (χ3n) is 4.12. The molecule has 1 saturated heterocycles. The summed E-state index contributed by atoms with van der Waals surface area (Å²) in [5.74, 6) is 1.36. The Morgan fingerprint density at radius 1 is 1.33 bits per heavy atom. The first kappa shape index (κ1) is 14.6. The minimum absolute atomic E-state index is 0.372. The van der Waals surface area contributed by atoms with Crippen molar-refractivity contribution in [3.05, 3.63) is 52.4 Å². The van der Waals surface area contributed by atoms with Gasteiger partial charge in [0.25, 0.3) is 0 Å². The van der Waals surface area contributed by atoms with E-state index >= 15 is 0 Å². The zero-order valence-electron chi connectivity index (χ0n) is 12.6. The van der Waals surface area contributed by atoms with Crippen LogP contribution in [0.25, 0.3) is 0 Å². The minimum atomic E-state index is 0.372. The van der Waals surface area contributed by atoms with Gasteiger partial charge in [0.1, 0.15) is 11.5 Å². The molecule has 1 unspecified atom stereocenters. The van der Waals surface area contributed by atoms with Gasteiger partial charge in [-0.2, -0.15) is 0 Å². The lowest BCUT2D eigenvalue weighted by molar-refractivity contribution is 0.236. The Bertz CT molecular complexity index is 591. The third-order valence-corrected chi connectivity index (χ3v) is 4.37. The normalized spacial score (nSPS) is 19.5. The molecule has 2 aromatic rings. The molecule has 0 bridgehead atoms. The van der Waals surface area contributed by atoms with Crippen LogP contribution >= 0.6 is 11.6 Å². The van der Waals surface area contributed by atoms with Gasteiger partial charge >= 0.3 is 0 Å². The Morgan fingerprint density at radius 3 is 2.76 bits per heavy atom. The first-order valence-corrected chi connectivity index (χ1v) is 7.96. The highest BCUT2D eigenvalue weighted by atomic mass is 35.5. The second-order valence-corrected chi connectivity index (χ2v) is 6.50. The highest BCUT2D eigenvalue weighted by Crippen LogP contribution is 2.33. The number of rotatable bonds is 4. The van der Waals surface area contributed by atoms with Crippen LogP contribution in [-0.2, 0) is 6.54 Å². The molecule has 0 N–H and O–H groups in total. The Balaban J connectivity index is 1.74. The molecule has 1 atom stereocenters. The highest BCUT2D eigenvalue weighted by Gasteiger charge is 2.28. The number of halogens is 1. The van der Waals surface area contributed by atoms with Crippen molar-refractivity contribution in [1.29, 1.82) is 0 Å². The molecule has 0 radical (unpaired) electrons. The van der Waals surface area contributed by atoms with E-state index in [9.17, 15) is 0 Å². The summed E-state index contributed by atoms with van der Waals surface area (Å²) in [7, 11) is 0. The SMILES string of the molecule is CC(C)c1cc(C2CCCN2Cc2ccc(Cl)cc2)no1. The zero-order valence-corrected chi connectivity index (χ0v) is 13.3. The highest BCUT2D eigenvalue weighted by molar-refractivity contribution is 6.30. The van der Waals surface area contributed by atoms with Crippen LogP contribution in [0.4, 0.5) is 0 Å². The summed E-state index contributed by atoms with van der Waals surface area (Å²) in [4.78, 5) is 2.48. The number of nitrogens with zero attached hydrogens (tertiary/aromatic N) is 2. The summed E-state index contributed by atoms with van der Waals surface area (Å²) in [5.41, 5.74) is 2.36. The molecule has 21 heavy (non-hydrogen) atoms. The predicted molar refractivity (Wildman–Crippen MR) is 84.4 cm³/mol. The molecule has 0 spiro atoms. The van der Waals surface area contributed by atoms with Crippen LogP contribution in [0.2, 0.25) is 5.02 Å². The maximum atomic E-state index is 5.95. The molecule has 112 valence electrons. The number of benzene rings is 1. The van der Waals surface area contributed by atoms with E-state index in [-0.39, 0.29) is 0 Å². The summed E-state index contributed by atoms with van der Waals surface area (Å²) >= 11 is 5.95. The summed E-state index contributed by atoms with van der Waals surface area (Å²) in [6.45, 7) is 6.30. The topological polar surface area (TPSA) is 29.3 Å². The van der Waals surface area contributed by atoms with Gasteiger partial charge in [-0.25, -0.2) is 0 Å². The predicted octanol–water partition coefficient (Wildman–Crippen LogP) is 4.79. The molecule has 0 saturated carbocycles. The molecule has 4 heteroatoms. The van der Waals surface area contributed by atoms with Crippen molar-refractivity contribution < 1.29 is 4.52 Å². The Morgan fingerprint density at radius 2 is 2.10 bits per heavy atom. The Hall–Kier alpha value is -1.32. The maximum absolute atomic E-state index is 5.95. The summed E-state index contributed by atoms with van der Waals surface area (Å²) in [6, 6.07) is 10.6. The third kappa shape index (κ3) is 3.30. The van der Waals surface area contributed by atoms with E-state index in [0.717, 1.165) is 36.0 Å². The van der Waals surface area contributed by atoms with Crippen molar-refractivity contribution in [1.82, 2.24) is 10.1 Å². The van der Waals surface area contributed by atoms with Crippen LogP contribution < -0.4 is 0 Å². The van der Waals surface area contributed by atoms with Gasteiger partial charge in [-0.1, -0.05) is 42.7 Å². The lowest BCUT2D eigenvalue weighted by atomic mass is 10.1. The van der Waals surface area contributed by atoms with Crippen molar-refractivity contribution in [3.63, 3.8) is 0 Å². The smallest absolute Gasteiger partial charge is 0.139 e. The van der Waals surface area contributed by atoms with E-state index in [1.807, 2.05) is 12.1 Å². The molecule has 1 fully saturated rings. The minimum Gasteiger partial charge on any atom is -0.361 e. The van der Waals surface area contributed by atoms with Crippen LogP contribution in [0.3, 0.4) is 0 Å². The fourth-order valence-electron chi connectivity index (χ4n) is 2.91. The summed E-state index contributed by atoms with van der Waals surface area (Å²) in [6.07, 6.45) is 2.36. The lowest BCUT2D eigenvalue weighted by Gasteiger charge is -2.22. The fourth-order valence-corrected chi connectivity index (χ4v) is 3.03. The molecule has 1 aromatic carbocycles. The number of likely N-dealkylation sites (tertiary alicyclic amines) is 1. The van der Waals surface area contributed by atoms with E-state index in [4.69, 9.17) is 16.1 Å². The second-order valence-electron chi connectivity index (χ2n) is 6.06. The number of hydrogen-bond donors (Lipinski definition) is 0. The van der Waals surface area contributed by atoms with Crippen LogP contribution in [0.15, 0.2) is 34.9 Å². The molecule has 3 rings (SSSR count). The molecular formula is C17H21ClN2O. The Kier molecular flexibility index (Phi) is 4.32. The molecule has 1 aromatic heterocycles. The van der Waals surface area contributed by atoms with E-state index in [0.29, 0.717) is 12.0 Å². The average molecular weight is 305 g/mol. The van der Waals surface area contributed by atoms with E-state index in [1.165, 1.54) is 12.0 Å². The first-order chi connectivity index (χ1) is 10.1. The van der Waals surface area contributed by atoms with Crippen LogP contribution in [-0.4, -0.2) is 16.6 Å². The molecule has 2 heterocycles. The fraction of sp³-hybridized carbons (Fsp3) is 0.471. The van der Waals surface area contributed by atoms with Crippen LogP contribution in [0.1, 0.15) is 55.7 Å². The van der Waals surface area contributed by atoms with E-state index in [2.05, 4.69) is 42.1 Å². The summed E-state index contributed by atoms with van der Waals surface area (Å²) < 4.78 is 5.46. The molecule has 1 aliphatic heterocycles. The van der Waals surface area contributed by atoms with Crippen LogP contribution in [0, 0.1) is 0 Å². The summed E-state index contributed by atoms with van der Waals surface area (Å²) in [5, 5.41) is 5.07. The van der Waals surface area contributed by atoms with E-state index in [1.54, 1.807) is 0 Å². The van der Waals surface area contributed by atoms with Crippen molar-refractivity contribution in [2.75, 3.05) is 6.54 Å². The van der Waals surface area contributed by atoms with Gasteiger partial charge < -0.3 is 4.52 Å². The maximum Gasteiger partial charge on any atom is 0.139 e. The Labute approximate surface area is 130 Å². The largest absolute Gasteiger partial charge is 0.361 e. The van der Waals surface area contributed by atoms with Gasteiger partial charge in [0, 0.05) is 23.6 Å². The van der Waals surface area contributed by atoms with Gasteiger partial charge in [-0.3, -0.25) is 4.90 Å². The average Bonchev–Trinajstić information content (AvgIpc) is 3.09. The quantitative estimate of drug-likeness (QED) is 0.813. The molecular weight excluding hydrogens is 284 g/mol. The van der Waals surface area contributed by atoms with Gasteiger partial charge in [-0.15, -0.1) is 0 Å². The molecule has 1 aliphatic rings. The standard InChI is InChI=1S/C17H21ClN2O/c1-12(2)17-10-15(19-21-17)16-4-3-9-20(16)11-13-5-7-14(18)8-6-13/h5-8,10,12,16H,3-4,9,11H2,1-2H3. The molecule has 0 amide bonds. The lowest BCUT2D eigenvalue weighted by Crippen LogP contribution is -2.22. The van der Waals surface area contributed by atoms with Gasteiger partial charge in [0.05, 0.1) is 6.04 Å². The van der Waals surface area contributed by atoms with Crippen LogP contribution in [0.5, 0.6) is 0 Å².